The quantitative estimate of drug-likeness (QED) is 0.918. The molecule has 1 fully saturated rings. The summed E-state index contributed by atoms with van der Waals surface area (Å²) in [5.41, 5.74) is 2.01. The zero-order chi connectivity index (χ0) is 15.4. The number of likely N-dealkylation sites (tertiary alicyclic amines) is 1. The molecule has 0 aliphatic carbocycles. The summed E-state index contributed by atoms with van der Waals surface area (Å²) in [7, 11) is 0. The molecule has 1 N–H and O–H groups in total. The maximum atomic E-state index is 9.10. The van der Waals surface area contributed by atoms with Gasteiger partial charge in [-0.3, -0.25) is 9.58 Å². The number of hydrogen-bond acceptors (Lipinski definition) is 5. The summed E-state index contributed by atoms with van der Waals surface area (Å²) in [5, 5.41) is 24.2. The van der Waals surface area contributed by atoms with Crippen LogP contribution in [-0.2, 0) is 13.1 Å². The van der Waals surface area contributed by atoms with Crippen molar-refractivity contribution in [3.05, 3.63) is 39.8 Å². The van der Waals surface area contributed by atoms with Crippen LogP contribution in [0.25, 0.3) is 0 Å². The molecule has 0 radical (unpaired) electrons. The molecule has 0 spiro atoms. The predicted molar refractivity (Wildman–Crippen MR) is 85.6 cm³/mol. The number of nitriles is 1. The molecule has 5 nitrogen and oxygen atoms in total. The van der Waals surface area contributed by atoms with Gasteiger partial charge in [0.25, 0.3) is 0 Å². The van der Waals surface area contributed by atoms with E-state index in [1.54, 1.807) is 11.3 Å². The Morgan fingerprint density at radius 3 is 2.91 bits per heavy atom. The highest BCUT2D eigenvalue weighted by atomic mass is 32.1. The van der Waals surface area contributed by atoms with Crippen molar-refractivity contribution in [2.24, 2.45) is 0 Å². The Bertz CT molecular complexity index is 649. The van der Waals surface area contributed by atoms with Crippen LogP contribution < -0.4 is 0 Å². The van der Waals surface area contributed by atoms with Crippen LogP contribution in [0.2, 0.25) is 0 Å². The minimum Gasteiger partial charge on any atom is -0.394 e. The average Bonchev–Trinajstić information content (AvgIpc) is 3.18. The normalized spacial score (nSPS) is 16.7. The lowest BCUT2D eigenvalue weighted by Gasteiger charge is -2.31. The zero-order valence-corrected chi connectivity index (χ0v) is 13.3. The number of aromatic nitrogens is 2. The lowest BCUT2D eigenvalue weighted by Crippen LogP contribution is -2.33. The molecule has 0 bridgehead atoms. The predicted octanol–water partition coefficient (Wildman–Crippen LogP) is 2.19. The highest BCUT2D eigenvalue weighted by Gasteiger charge is 2.23. The first kappa shape index (κ1) is 15.2. The van der Waals surface area contributed by atoms with Crippen molar-refractivity contribution in [3.8, 4) is 6.07 Å². The molecule has 0 amide bonds. The van der Waals surface area contributed by atoms with E-state index in [0.29, 0.717) is 12.5 Å². The van der Waals surface area contributed by atoms with Gasteiger partial charge in [0.15, 0.2) is 0 Å². The van der Waals surface area contributed by atoms with Crippen LogP contribution >= 0.6 is 11.3 Å². The van der Waals surface area contributed by atoms with Crippen LogP contribution in [0.5, 0.6) is 0 Å². The first-order valence-corrected chi connectivity index (χ1v) is 8.50. The van der Waals surface area contributed by atoms with E-state index in [9.17, 15) is 0 Å². The summed E-state index contributed by atoms with van der Waals surface area (Å²) in [6, 6.07) is 6.26. The van der Waals surface area contributed by atoms with Gasteiger partial charge in [0.1, 0.15) is 6.07 Å². The average molecular weight is 316 g/mol. The van der Waals surface area contributed by atoms with E-state index >= 15 is 0 Å². The summed E-state index contributed by atoms with van der Waals surface area (Å²) in [4.78, 5) is 3.72. The Balaban J connectivity index is 1.56. The van der Waals surface area contributed by atoms with Crippen LogP contribution in [0, 0.1) is 11.3 Å². The first-order chi connectivity index (χ1) is 10.8. The van der Waals surface area contributed by atoms with Gasteiger partial charge in [-0.1, -0.05) is 0 Å². The van der Waals surface area contributed by atoms with E-state index < -0.39 is 0 Å². The number of piperidine rings is 1. The second-order valence-electron chi connectivity index (χ2n) is 5.67. The Morgan fingerprint density at radius 2 is 2.23 bits per heavy atom. The minimum atomic E-state index is 0.132. The molecule has 0 aromatic carbocycles. The van der Waals surface area contributed by atoms with Crippen molar-refractivity contribution < 1.29 is 5.11 Å². The molecule has 1 aliphatic heterocycles. The van der Waals surface area contributed by atoms with Crippen LogP contribution in [0.15, 0.2) is 23.7 Å². The molecule has 22 heavy (non-hydrogen) atoms. The number of nitrogens with zero attached hydrogens (tertiary/aromatic N) is 4. The molecule has 1 saturated heterocycles. The smallest absolute Gasteiger partial charge is 0.100 e. The molecule has 0 saturated carbocycles. The Kier molecular flexibility index (Phi) is 4.88. The van der Waals surface area contributed by atoms with Crippen molar-refractivity contribution in [1.29, 1.82) is 5.26 Å². The topological polar surface area (TPSA) is 65.1 Å². The van der Waals surface area contributed by atoms with Gasteiger partial charge < -0.3 is 5.11 Å². The van der Waals surface area contributed by atoms with E-state index in [2.05, 4.69) is 22.1 Å². The minimum absolute atomic E-state index is 0.132. The Morgan fingerprint density at radius 1 is 1.41 bits per heavy atom. The Labute approximate surface area is 134 Å². The van der Waals surface area contributed by atoms with E-state index in [-0.39, 0.29) is 6.61 Å². The third kappa shape index (κ3) is 3.38. The molecule has 3 heterocycles. The highest BCUT2D eigenvalue weighted by Crippen LogP contribution is 2.29. The second-order valence-corrected chi connectivity index (χ2v) is 6.66. The van der Waals surface area contributed by atoms with Gasteiger partial charge in [-0.05, 0) is 38.1 Å². The number of rotatable bonds is 5. The molecule has 116 valence electrons. The van der Waals surface area contributed by atoms with E-state index in [1.165, 1.54) is 10.6 Å². The van der Waals surface area contributed by atoms with E-state index in [0.717, 1.165) is 38.0 Å². The van der Waals surface area contributed by atoms with Crippen molar-refractivity contribution in [3.63, 3.8) is 0 Å². The first-order valence-electron chi connectivity index (χ1n) is 7.62. The van der Waals surface area contributed by atoms with Crippen LogP contribution in [0.4, 0.5) is 0 Å². The van der Waals surface area contributed by atoms with Crippen molar-refractivity contribution in [2.75, 3.05) is 19.7 Å². The van der Waals surface area contributed by atoms with Gasteiger partial charge in [0.2, 0.25) is 0 Å². The SMILES string of the molecule is N#Cc1csc(CN2CCC(c3ccnn3CCO)CC2)c1. The molecule has 3 rings (SSSR count). The molecule has 2 aromatic heterocycles. The fraction of sp³-hybridized carbons (Fsp3) is 0.500. The molecule has 0 atom stereocenters. The fourth-order valence-corrected chi connectivity index (χ4v) is 3.95. The van der Waals surface area contributed by atoms with Crippen molar-refractivity contribution in [2.45, 2.75) is 31.8 Å². The molecule has 0 unspecified atom stereocenters. The lowest BCUT2D eigenvalue weighted by atomic mass is 9.93. The standard InChI is InChI=1S/C16H20N4OS/c17-10-13-9-15(22-12-13)11-19-5-2-14(3-6-19)16-1-4-18-20(16)7-8-21/h1,4,9,12,14,21H,2-3,5-8,11H2. The van der Waals surface area contributed by atoms with Gasteiger partial charge in [-0.2, -0.15) is 10.4 Å². The van der Waals surface area contributed by atoms with Gasteiger partial charge in [0.05, 0.1) is 18.7 Å². The zero-order valence-electron chi connectivity index (χ0n) is 12.5. The number of hydrogen-bond donors (Lipinski definition) is 1. The lowest BCUT2D eigenvalue weighted by molar-refractivity contribution is 0.200. The summed E-state index contributed by atoms with van der Waals surface area (Å²) < 4.78 is 1.93. The number of thiophene rings is 1. The maximum absolute atomic E-state index is 9.10. The van der Waals surface area contributed by atoms with Gasteiger partial charge in [0, 0.05) is 34.6 Å². The summed E-state index contributed by atoms with van der Waals surface area (Å²) in [6.07, 6.45) is 4.06. The van der Waals surface area contributed by atoms with E-state index in [4.69, 9.17) is 10.4 Å². The number of aliphatic hydroxyl groups excluding tert-OH is 1. The van der Waals surface area contributed by atoms with Crippen molar-refractivity contribution >= 4 is 11.3 Å². The molecular weight excluding hydrogens is 296 g/mol. The van der Waals surface area contributed by atoms with Crippen LogP contribution in [0.3, 0.4) is 0 Å². The Hall–Kier alpha value is -1.68. The summed E-state index contributed by atoms with van der Waals surface area (Å²) >= 11 is 1.67. The number of aliphatic hydroxyl groups is 1. The molecule has 6 heteroatoms. The third-order valence-electron chi connectivity index (χ3n) is 4.23. The van der Waals surface area contributed by atoms with Crippen LogP contribution in [0.1, 0.15) is 34.9 Å². The van der Waals surface area contributed by atoms with Crippen molar-refractivity contribution in [1.82, 2.24) is 14.7 Å². The maximum Gasteiger partial charge on any atom is 0.100 e. The van der Waals surface area contributed by atoms with Crippen LogP contribution in [-0.4, -0.2) is 39.5 Å². The highest BCUT2D eigenvalue weighted by molar-refractivity contribution is 7.10. The van der Waals surface area contributed by atoms with Gasteiger partial charge in [-0.25, -0.2) is 0 Å². The molecular formula is C16H20N4OS. The molecule has 2 aromatic rings. The second kappa shape index (κ2) is 7.05. The summed E-state index contributed by atoms with van der Waals surface area (Å²) in [6.45, 7) is 3.78. The third-order valence-corrected chi connectivity index (χ3v) is 5.15. The summed E-state index contributed by atoms with van der Waals surface area (Å²) in [5.74, 6) is 0.531. The van der Waals surface area contributed by atoms with Gasteiger partial charge >= 0.3 is 0 Å². The fourth-order valence-electron chi connectivity index (χ4n) is 3.10. The molecule has 1 aliphatic rings. The van der Waals surface area contributed by atoms with E-state index in [1.807, 2.05) is 22.3 Å². The monoisotopic (exact) mass is 316 g/mol. The largest absolute Gasteiger partial charge is 0.394 e. The van der Waals surface area contributed by atoms with Gasteiger partial charge in [-0.15, -0.1) is 11.3 Å².